The van der Waals surface area contributed by atoms with E-state index in [1.165, 1.54) is 6.07 Å². The lowest BCUT2D eigenvalue weighted by molar-refractivity contribution is -0.0922. The van der Waals surface area contributed by atoms with Crippen LogP contribution in [0.4, 0.5) is 0 Å². The predicted molar refractivity (Wildman–Crippen MR) is 107 cm³/mol. The van der Waals surface area contributed by atoms with Gasteiger partial charge in [0.1, 0.15) is 4.21 Å². The molecule has 2 unspecified atom stereocenters. The van der Waals surface area contributed by atoms with E-state index in [9.17, 15) is 8.42 Å². The Labute approximate surface area is 164 Å². The Bertz CT molecular complexity index is 688. The van der Waals surface area contributed by atoms with Crippen LogP contribution in [0.15, 0.2) is 21.3 Å². The van der Waals surface area contributed by atoms with Crippen LogP contribution in [0.25, 0.3) is 0 Å². The number of nitrogens with zero attached hydrogens (tertiary/aromatic N) is 1. The lowest BCUT2D eigenvalue weighted by atomic mass is 9.64. The highest BCUT2D eigenvalue weighted by atomic mass is 127. The first-order valence-electron chi connectivity index (χ1n) is 7.30. The fourth-order valence-electron chi connectivity index (χ4n) is 2.67. The lowest BCUT2D eigenvalue weighted by Crippen LogP contribution is -2.63. The number of methoxy groups -OCH3 is 1. The van der Waals surface area contributed by atoms with E-state index in [1.54, 1.807) is 20.2 Å². The molecule has 0 bridgehead atoms. The van der Waals surface area contributed by atoms with Gasteiger partial charge in [-0.25, -0.2) is 13.6 Å². The second kappa shape index (κ2) is 8.30. The fraction of sp³-hybridized carbons (Fsp3) is 0.643. The highest BCUT2D eigenvalue weighted by Gasteiger charge is 2.48. The van der Waals surface area contributed by atoms with Crippen molar-refractivity contribution in [1.82, 2.24) is 10.6 Å². The molecule has 2 rings (SSSR count). The van der Waals surface area contributed by atoms with Crippen molar-refractivity contribution in [2.45, 2.75) is 43.2 Å². The third kappa shape index (κ3) is 4.81. The minimum atomic E-state index is -3.63. The largest absolute Gasteiger partial charge is 0.381 e. The zero-order valence-electron chi connectivity index (χ0n) is 14.2. The van der Waals surface area contributed by atoms with Crippen molar-refractivity contribution in [2.75, 3.05) is 14.2 Å². The summed E-state index contributed by atoms with van der Waals surface area (Å²) in [5.74, 6) is 0.684. The Balaban J connectivity index is 0.00000288. The van der Waals surface area contributed by atoms with Gasteiger partial charge in [0.15, 0.2) is 5.96 Å². The molecular formula is C14H25IN4O3S2. The minimum absolute atomic E-state index is 0. The van der Waals surface area contributed by atoms with Crippen molar-refractivity contribution in [2.24, 2.45) is 15.5 Å². The number of hydrogen-bond acceptors (Lipinski definition) is 5. The number of aliphatic imine (C=N–C) groups is 1. The van der Waals surface area contributed by atoms with E-state index in [4.69, 9.17) is 9.88 Å². The summed E-state index contributed by atoms with van der Waals surface area (Å²) in [6, 6.07) is 3.55. The minimum Gasteiger partial charge on any atom is -0.381 e. The normalized spacial score (nSPS) is 23.1. The number of sulfonamides is 1. The average Bonchev–Trinajstić information content (AvgIpc) is 2.95. The van der Waals surface area contributed by atoms with E-state index in [0.29, 0.717) is 12.5 Å². The van der Waals surface area contributed by atoms with Gasteiger partial charge in [-0.05, 0) is 18.6 Å². The number of guanidine groups is 1. The molecule has 24 heavy (non-hydrogen) atoms. The molecule has 1 aliphatic rings. The number of nitrogens with one attached hydrogen (secondary N) is 2. The summed E-state index contributed by atoms with van der Waals surface area (Å²) in [6.45, 7) is 4.81. The molecule has 1 aromatic heterocycles. The number of rotatable bonds is 5. The SMILES string of the molecule is CN=C(NCc1ccc(S(N)(=O)=O)s1)NC1CC(OC)C1(C)C.I. The third-order valence-electron chi connectivity index (χ3n) is 4.34. The van der Waals surface area contributed by atoms with Gasteiger partial charge in [0, 0.05) is 30.5 Å². The highest BCUT2D eigenvalue weighted by molar-refractivity contribution is 14.0. The van der Waals surface area contributed by atoms with Crippen molar-refractivity contribution in [1.29, 1.82) is 0 Å². The smallest absolute Gasteiger partial charge is 0.247 e. The second-order valence-electron chi connectivity index (χ2n) is 6.17. The van der Waals surface area contributed by atoms with Crippen LogP contribution in [0.2, 0.25) is 0 Å². The van der Waals surface area contributed by atoms with Crippen LogP contribution in [-0.4, -0.2) is 40.7 Å². The maximum atomic E-state index is 11.3. The van der Waals surface area contributed by atoms with E-state index < -0.39 is 10.0 Å². The van der Waals surface area contributed by atoms with E-state index >= 15 is 0 Å². The van der Waals surface area contributed by atoms with Crippen LogP contribution >= 0.6 is 35.3 Å². The molecule has 2 atom stereocenters. The zero-order valence-corrected chi connectivity index (χ0v) is 18.2. The molecule has 0 saturated heterocycles. The van der Waals surface area contributed by atoms with Crippen LogP contribution in [0.1, 0.15) is 25.1 Å². The van der Waals surface area contributed by atoms with Gasteiger partial charge in [0.2, 0.25) is 10.0 Å². The Morgan fingerprint density at radius 3 is 2.62 bits per heavy atom. The van der Waals surface area contributed by atoms with Gasteiger partial charge in [-0.2, -0.15) is 0 Å². The standard InChI is InChI=1S/C14H24N4O3S2.HI/c1-14(2)10(7-11(14)21-4)18-13(16-3)17-8-9-5-6-12(22-9)23(15,19)20;/h5-6,10-11H,7-8H2,1-4H3,(H2,15,19,20)(H2,16,17,18);1H. The van der Waals surface area contributed by atoms with E-state index in [2.05, 4.69) is 29.5 Å². The van der Waals surface area contributed by atoms with Crippen LogP contribution in [-0.2, 0) is 21.3 Å². The van der Waals surface area contributed by atoms with Gasteiger partial charge >= 0.3 is 0 Å². The molecule has 4 N–H and O–H groups in total. The molecule has 0 aliphatic heterocycles. The molecular weight excluding hydrogens is 463 g/mol. The summed E-state index contributed by atoms with van der Waals surface area (Å²) in [4.78, 5) is 5.09. The summed E-state index contributed by atoms with van der Waals surface area (Å²) in [6.07, 6.45) is 1.17. The van der Waals surface area contributed by atoms with Gasteiger partial charge in [0.05, 0.1) is 12.6 Å². The topological polar surface area (TPSA) is 106 Å². The van der Waals surface area contributed by atoms with Gasteiger partial charge < -0.3 is 15.4 Å². The molecule has 1 aliphatic carbocycles. The van der Waals surface area contributed by atoms with Crippen LogP contribution in [0, 0.1) is 5.41 Å². The average molecular weight is 488 g/mol. The first-order valence-corrected chi connectivity index (χ1v) is 9.66. The first kappa shape index (κ1) is 21.6. The van der Waals surface area contributed by atoms with E-state index in [-0.39, 0.29) is 45.7 Å². The van der Waals surface area contributed by atoms with Crippen LogP contribution in [0.5, 0.6) is 0 Å². The van der Waals surface area contributed by atoms with Gasteiger partial charge in [-0.15, -0.1) is 35.3 Å². The molecule has 1 saturated carbocycles. The number of thiophene rings is 1. The van der Waals surface area contributed by atoms with Gasteiger partial charge in [0.25, 0.3) is 0 Å². The van der Waals surface area contributed by atoms with Crippen LogP contribution < -0.4 is 15.8 Å². The number of halogens is 1. The monoisotopic (exact) mass is 488 g/mol. The van der Waals surface area contributed by atoms with E-state index in [0.717, 1.165) is 22.6 Å². The Kier molecular flexibility index (Phi) is 7.47. The summed E-state index contributed by atoms with van der Waals surface area (Å²) in [7, 11) is -0.194. The van der Waals surface area contributed by atoms with Gasteiger partial charge in [-0.1, -0.05) is 13.8 Å². The number of hydrogen-bond donors (Lipinski definition) is 3. The Morgan fingerprint density at radius 1 is 1.50 bits per heavy atom. The molecule has 7 nitrogen and oxygen atoms in total. The fourth-order valence-corrected chi connectivity index (χ4v) is 4.39. The zero-order chi connectivity index (χ0) is 17.3. The molecule has 1 aromatic rings. The molecule has 0 amide bonds. The Hall–Kier alpha value is -0.430. The van der Waals surface area contributed by atoms with Crippen molar-refractivity contribution < 1.29 is 13.2 Å². The molecule has 1 heterocycles. The maximum absolute atomic E-state index is 11.3. The maximum Gasteiger partial charge on any atom is 0.247 e. The molecule has 0 aromatic carbocycles. The molecule has 1 fully saturated rings. The van der Waals surface area contributed by atoms with Crippen molar-refractivity contribution in [3.63, 3.8) is 0 Å². The molecule has 10 heteroatoms. The quantitative estimate of drug-likeness (QED) is 0.331. The number of primary sulfonamides is 1. The molecule has 0 radical (unpaired) electrons. The molecule has 138 valence electrons. The van der Waals surface area contributed by atoms with E-state index in [1.807, 2.05) is 0 Å². The lowest BCUT2D eigenvalue weighted by Gasteiger charge is -2.51. The van der Waals surface area contributed by atoms with Crippen molar-refractivity contribution in [3.8, 4) is 0 Å². The van der Waals surface area contributed by atoms with Crippen LogP contribution in [0.3, 0.4) is 0 Å². The first-order chi connectivity index (χ1) is 10.7. The number of ether oxygens (including phenoxy) is 1. The molecule has 0 spiro atoms. The summed E-state index contributed by atoms with van der Waals surface area (Å²) in [5.41, 5.74) is 0.0378. The van der Waals surface area contributed by atoms with Crippen molar-refractivity contribution in [3.05, 3.63) is 17.0 Å². The third-order valence-corrected chi connectivity index (χ3v) is 6.87. The summed E-state index contributed by atoms with van der Waals surface area (Å²) in [5, 5.41) is 11.7. The Morgan fingerprint density at radius 2 is 2.17 bits per heavy atom. The summed E-state index contributed by atoms with van der Waals surface area (Å²) < 4.78 is 28.2. The van der Waals surface area contributed by atoms with Crippen molar-refractivity contribution >= 4 is 51.3 Å². The highest BCUT2D eigenvalue weighted by Crippen LogP contribution is 2.42. The number of nitrogens with two attached hydrogens (primary N) is 1. The predicted octanol–water partition coefficient (Wildman–Crippen LogP) is 1.49. The summed E-state index contributed by atoms with van der Waals surface area (Å²) >= 11 is 1.16. The van der Waals surface area contributed by atoms with Gasteiger partial charge in [-0.3, -0.25) is 4.99 Å². The second-order valence-corrected chi connectivity index (χ2v) is 9.13.